The van der Waals surface area contributed by atoms with Gasteiger partial charge in [0.05, 0.1) is 6.20 Å². The van der Waals surface area contributed by atoms with E-state index < -0.39 is 0 Å². The highest BCUT2D eigenvalue weighted by atomic mass is 16.2. The van der Waals surface area contributed by atoms with Crippen molar-refractivity contribution in [2.24, 2.45) is 0 Å². The summed E-state index contributed by atoms with van der Waals surface area (Å²) >= 11 is 0. The van der Waals surface area contributed by atoms with Crippen molar-refractivity contribution in [3.63, 3.8) is 0 Å². The summed E-state index contributed by atoms with van der Waals surface area (Å²) in [6, 6.07) is 3.64. The number of carbonyl (C=O) groups excluding carboxylic acids is 1. The Morgan fingerprint density at radius 1 is 1.40 bits per heavy atom. The number of hydrogen-bond acceptors (Lipinski definition) is 3. The van der Waals surface area contributed by atoms with Gasteiger partial charge in [-0.3, -0.25) is 4.79 Å². The lowest BCUT2D eigenvalue weighted by Crippen LogP contribution is -2.42. The lowest BCUT2D eigenvalue weighted by Gasteiger charge is -2.29. The summed E-state index contributed by atoms with van der Waals surface area (Å²) in [6.07, 6.45) is 4.44. The number of aromatic nitrogens is 3. The summed E-state index contributed by atoms with van der Waals surface area (Å²) in [5.41, 5.74) is 1.19. The van der Waals surface area contributed by atoms with E-state index in [1.165, 1.54) is 0 Å². The van der Waals surface area contributed by atoms with Crippen molar-refractivity contribution in [3.8, 4) is 0 Å². The molecule has 3 rings (SSSR count). The smallest absolute Gasteiger partial charge is 0.274 e. The number of hydrogen-bond donors (Lipinski definition) is 0. The van der Waals surface area contributed by atoms with Crippen LogP contribution in [0.3, 0.4) is 0 Å². The van der Waals surface area contributed by atoms with Crippen LogP contribution in [-0.2, 0) is 0 Å². The van der Waals surface area contributed by atoms with Gasteiger partial charge in [-0.15, -0.1) is 0 Å². The van der Waals surface area contributed by atoms with Crippen LogP contribution in [0.15, 0.2) is 24.5 Å². The minimum absolute atomic E-state index is 0.00625. The van der Waals surface area contributed by atoms with Crippen LogP contribution in [0.4, 0.5) is 0 Å². The maximum Gasteiger partial charge on any atom is 0.274 e. The highest BCUT2D eigenvalue weighted by Gasteiger charge is 2.23. The molecule has 0 aliphatic carbocycles. The molecule has 1 amide bonds. The first-order valence-corrected chi connectivity index (χ1v) is 4.94. The molecule has 0 unspecified atom stereocenters. The van der Waals surface area contributed by atoms with E-state index in [-0.39, 0.29) is 5.91 Å². The second-order valence-electron chi connectivity index (χ2n) is 3.60. The van der Waals surface area contributed by atoms with E-state index in [1.54, 1.807) is 27.9 Å². The first-order valence-electron chi connectivity index (χ1n) is 4.94. The number of amides is 1. The van der Waals surface area contributed by atoms with Crippen molar-refractivity contribution in [2.75, 3.05) is 13.1 Å². The molecule has 1 aliphatic rings. The van der Waals surface area contributed by atoms with Crippen molar-refractivity contribution < 1.29 is 4.79 Å². The number of carbonyl (C=O) groups is 1. The van der Waals surface area contributed by atoms with Gasteiger partial charge in [-0.2, -0.15) is 5.10 Å². The Morgan fingerprint density at radius 3 is 2.93 bits per heavy atom. The molecule has 0 radical (unpaired) electrons. The van der Waals surface area contributed by atoms with E-state index in [0.717, 1.165) is 19.5 Å². The Labute approximate surface area is 86.3 Å². The van der Waals surface area contributed by atoms with Crippen molar-refractivity contribution in [2.45, 2.75) is 6.42 Å². The van der Waals surface area contributed by atoms with Gasteiger partial charge >= 0.3 is 0 Å². The zero-order valence-corrected chi connectivity index (χ0v) is 8.13. The molecule has 0 bridgehead atoms. The molecule has 2 aromatic rings. The topological polar surface area (TPSA) is 50.5 Å². The van der Waals surface area contributed by atoms with Crippen molar-refractivity contribution in [1.82, 2.24) is 19.5 Å². The zero-order chi connectivity index (χ0) is 10.3. The van der Waals surface area contributed by atoms with Gasteiger partial charge < -0.3 is 4.90 Å². The van der Waals surface area contributed by atoms with Gasteiger partial charge in [-0.25, -0.2) is 9.50 Å². The van der Waals surface area contributed by atoms with Crippen LogP contribution in [0.1, 0.15) is 16.9 Å². The van der Waals surface area contributed by atoms with Crippen molar-refractivity contribution in [1.29, 1.82) is 0 Å². The highest BCUT2D eigenvalue weighted by molar-refractivity contribution is 5.93. The van der Waals surface area contributed by atoms with Crippen LogP contribution in [0, 0.1) is 0 Å². The summed E-state index contributed by atoms with van der Waals surface area (Å²) in [7, 11) is 0. The first-order chi connectivity index (χ1) is 7.34. The Morgan fingerprint density at radius 2 is 2.27 bits per heavy atom. The first kappa shape index (κ1) is 8.40. The van der Waals surface area contributed by atoms with E-state index in [0.29, 0.717) is 11.3 Å². The summed E-state index contributed by atoms with van der Waals surface area (Å²) < 4.78 is 1.62. The van der Waals surface area contributed by atoms with Gasteiger partial charge in [-0.05, 0) is 18.6 Å². The average molecular weight is 202 g/mol. The van der Waals surface area contributed by atoms with Gasteiger partial charge in [0.25, 0.3) is 5.91 Å². The fourth-order valence-electron chi connectivity index (χ4n) is 1.62. The number of rotatable bonds is 1. The van der Waals surface area contributed by atoms with Gasteiger partial charge in [0.1, 0.15) is 5.69 Å². The fraction of sp³-hybridized carbons (Fsp3) is 0.300. The van der Waals surface area contributed by atoms with Crippen molar-refractivity contribution >= 4 is 11.6 Å². The molecule has 5 heteroatoms. The summed E-state index contributed by atoms with van der Waals surface area (Å²) in [5.74, 6) is 0.00625. The maximum absolute atomic E-state index is 11.8. The number of nitrogens with zero attached hydrogens (tertiary/aromatic N) is 4. The number of fused-ring (bicyclic) bond motifs is 1. The number of likely N-dealkylation sites (tertiary alicyclic amines) is 1. The third kappa shape index (κ3) is 1.27. The largest absolute Gasteiger partial charge is 0.337 e. The molecule has 0 aromatic carbocycles. The Hall–Kier alpha value is -1.91. The number of imidazole rings is 1. The molecule has 0 spiro atoms. The van der Waals surface area contributed by atoms with Crippen LogP contribution >= 0.6 is 0 Å². The molecule has 15 heavy (non-hydrogen) atoms. The Balaban J connectivity index is 2.00. The van der Waals surface area contributed by atoms with Crippen LogP contribution < -0.4 is 0 Å². The molecular formula is C10H10N4O. The summed E-state index contributed by atoms with van der Waals surface area (Å²) in [4.78, 5) is 17.8. The highest BCUT2D eigenvalue weighted by Crippen LogP contribution is 2.12. The van der Waals surface area contributed by atoms with E-state index in [9.17, 15) is 4.79 Å². The SMILES string of the molecule is O=C(c1cn2ncccc2n1)N1CCC1. The van der Waals surface area contributed by atoms with E-state index in [4.69, 9.17) is 0 Å². The van der Waals surface area contributed by atoms with Crippen LogP contribution in [0.2, 0.25) is 0 Å². The second-order valence-corrected chi connectivity index (χ2v) is 3.60. The molecule has 3 heterocycles. The van der Waals surface area contributed by atoms with Crippen LogP contribution in [0.5, 0.6) is 0 Å². The normalized spacial score (nSPS) is 15.3. The second kappa shape index (κ2) is 3.05. The van der Waals surface area contributed by atoms with Gasteiger partial charge in [-0.1, -0.05) is 0 Å². The molecule has 1 saturated heterocycles. The summed E-state index contributed by atoms with van der Waals surface area (Å²) in [6.45, 7) is 1.69. The molecule has 2 aromatic heterocycles. The fourth-order valence-corrected chi connectivity index (χ4v) is 1.62. The monoisotopic (exact) mass is 202 g/mol. The quantitative estimate of drug-likeness (QED) is 0.679. The minimum atomic E-state index is 0.00625. The standard InChI is InChI=1S/C10H10N4O/c15-10(13-5-2-6-13)8-7-14-9(12-8)3-1-4-11-14/h1,3-4,7H,2,5-6H2. The van der Waals surface area contributed by atoms with Gasteiger partial charge in [0.2, 0.25) is 0 Å². The molecule has 1 fully saturated rings. The zero-order valence-electron chi connectivity index (χ0n) is 8.13. The molecule has 5 nitrogen and oxygen atoms in total. The molecule has 1 aliphatic heterocycles. The maximum atomic E-state index is 11.8. The van der Waals surface area contributed by atoms with Crippen LogP contribution in [0.25, 0.3) is 5.65 Å². The lowest BCUT2D eigenvalue weighted by atomic mass is 10.2. The van der Waals surface area contributed by atoms with E-state index in [2.05, 4.69) is 10.1 Å². The summed E-state index contributed by atoms with van der Waals surface area (Å²) in [5, 5.41) is 4.07. The third-order valence-corrected chi connectivity index (χ3v) is 2.60. The predicted molar refractivity (Wildman–Crippen MR) is 53.5 cm³/mol. The van der Waals surface area contributed by atoms with Crippen LogP contribution in [-0.4, -0.2) is 38.5 Å². The van der Waals surface area contributed by atoms with E-state index >= 15 is 0 Å². The lowest BCUT2D eigenvalue weighted by molar-refractivity contribution is 0.0646. The third-order valence-electron chi connectivity index (χ3n) is 2.60. The van der Waals surface area contributed by atoms with E-state index in [1.807, 2.05) is 6.07 Å². The minimum Gasteiger partial charge on any atom is -0.337 e. The van der Waals surface area contributed by atoms with Crippen molar-refractivity contribution in [3.05, 3.63) is 30.2 Å². The average Bonchev–Trinajstić information content (AvgIpc) is 2.58. The van der Waals surface area contributed by atoms with Gasteiger partial charge in [0, 0.05) is 19.3 Å². The molecular weight excluding hydrogens is 192 g/mol. The molecule has 0 N–H and O–H groups in total. The Bertz CT molecular complexity index is 482. The predicted octanol–water partition coefficient (Wildman–Crippen LogP) is 0.575. The molecule has 0 atom stereocenters. The Kier molecular flexibility index (Phi) is 1.71. The molecule has 0 saturated carbocycles. The molecule has 76 valence electrons. The van der Waals surface area contributed by atoms with Gasteiger partial charge in [0.15, 0.2) is 5.65 Å².